The fraction of sp³-hybridized carbons (Fsp3) is 0.500. The summed E-state index contributed by atoms with van der Waals surface area (Å²) < 4.78 is 13.4. The Morgan fingerprint density at radius 3 is 2.50 bits per heavy atom. The molecule has 0 bridgehead atoms. The third-order valence-electron chi connectivity index (χ3n) is 4.05. The smallest absolute Gasteiger partial charge is 0.315 e. The molecule has 0 aliphatic heterocycles. The topological polar surface area (TPSA) is 78.4 Å². The number of urea groups is 1. The molecule has 0 heterocycles. The number of carbonyl (C=O) groups excluding carboxylic acids is 1. The summed E-state index contributed by atoms with van der Waals surface area (Å²) in [5.41, 5.74) is 0.574. The van der Waals surface area contributed by atoms with Crippen LogP contribution in [-0.4, -0.2) is 29.7 Å². The molecular formula is C16H21FN2O3. The van der Waals surface area contributed by atoms with Gasteiger partial charge in [-0.2, -0.15) is 0 Å². The van der Waals surface area contributed by atoms with E-state index >= 15 is 0 Å². The van der Waals surface area contributed by atoms with E-state index in [4.69, 9.17) is 5.11 Å². The maximum Gasteiger partial charge on any atom is 0.315 e. The van der Waals surface area contributed by atoms with Crippen molar-refractivity contribution in [3.05, 3.63) is 35.6 Å². The van der Waals surface area contributed by atoms with Gasteiger partial charge in [-0.25, -0.2) is 9.18 Å². The Kier molecular flexibility index (Phi) is 5.75. The molecule has 1 aliphatic rings. The predicted molar refractivity (Wildman–Crippen MR) is 80.0 cm³/mol. The van der Waals surface area contributed by atoms with Gasteiger partial charge >= 0.3 is 12.0 Å². The largest absolute Gasteiger partial charge is 0.481 e. The number of amides is 2. The summed E-state index contributed by atoms with van der Waals surface area (Å²) in [5, 5.41) is 14.5. The van der Waals surface area contributed by atoms with Crippen LogP contribution >= 0.6 is 0 Å². The van der Waals surface area contributed by atoms with Crippen LogP contribution in [0.25, 0.3) is 0 Å². The van der Waals surface area contributed by atoms with Crippen molar-refractivity contribution in [2.24, 2.45) is 5.92 Å². The first-order chi connectivity index (χ1) is 10.6. The molecule has 0 spiro atoms. The molecule has 2 rings (SSSR count). The molecule has 1 aliphatic carbocycles. The van der Waals surface area contributed by atoms with E-state index in [1.165, 1.54) is 6.07 Å². The zero-order valence-electron chi connectivity index (χ0n) is 12.3. The number of aliphatic carboxylic acids is 1. The summed E-state index contributed by atoms with van der Waals surface area (Å²) in [6.45, 7) is 0.358. The van der Waals surface area contributed by atoms with Crippen molar-refractivity contribution < 1.29 is 19.1 Å². The van der Waals surface area contributed by atoms with Crippen LogP contribution in [-0.2, 0) is 11.2 Å². The predicted octanol–water partition coefficient (Wildman–Crippen LogP) is 2.31. The lowest BCUT2D eigenvalue weighted by Gasteiger charge is -2.26. The average molecular weight is 308 g/mol. The first kappa shape index (κ1) is 16.3. The van der Waals surface area contributed by atoms with E-state index in [2.05, 4.69) is 10.6 Å². The number of carbonyl (C=O) groups is 2. The van der Waals surface area contributed by atoms with Gasteiger partial charge in [0.05, 0.1) is 5.92 Å². The second kappa shape index (κ2) is 7.77. The van der Waals surface area contributed by atoms with E-state index in [0.29, 0.717) is 44.2 Å². The van der Waals surface area contributed by atoms with E-state index in [1.807, 2.05) is 0 Å². The molecule has 3 N–H and O–H groups in total. The van der Waals surface area contributed by atoms with Crippen LogP contribution in [0.2, 0.25) is 0 Å². The third-order valence-corrected chi connectivity index (χ3v) is 4.05. The fourth-order valence-corrected chi connectivity index (χ4v) is 2.73. The minimum absolute atomic E-state index is 0.0176. The highest BCUT2D eigenvalue weighted by Crippen LogP contribution is 2.24. The van der Waals surface area contributed by atoms with Crippen molar-refractivity contribution in [1.29, 1.82) is 0 Å². The summed E-state index contributed by atoms with van der Waals surface area (Å²) in [6, 6.07) is 6.23. The quantitative estimate of drug-likeness (QED) is 0.781. The Morgan fingerprint density at radius 1 is 1.18 bits per heavy atom. The molecule has 0 aromatic heterocycles. The van der Waals surface area contributed by atoms with Gasteiger partial charge in [0.25, 0.3) is 0 Å². The minimum atomic E-state index is -0.757. The first-order valence-corrected chi connectivity index (χ1v) is 7.57. The van der Waals surface area contributed by atoms with Crippen LogP contribution in [0.5, 0.6) is 0 Å². The molecule has 0 radical (unpaired) electrons. The van der Waals surface area contributed by atoms with Gasteiger partial charge in [-0.1, -0.05) is 18.2 Å². The number of benzene rings is 1. The van der Waals surface area contributed by atoms with Crippen LogP contribution in [0.3, 0.4) is 0 Å². The Bertz CT molecular complexity index is 528. The molecule has 120 valence electrons. The second-order valence-corrected chi connectivity index (χ2v) is 5.63. The lowest BCUT2D eigenvalue weighted by atomic mass is 9.86. The highest BCUT2D eigenvalue weighted by Gasteiger charge is 2.26. The Hall–Kier alpha value is -2.11. The minimum Gasteiger partial charge on any atom is -0.481 e. The average Bonchev–Trinajstić information content (AvgIpc) is 2.50. The van der Waals surface area contributed by atoms with E-state index in [9.17, 15) is 14.0 Å². The molecule has 1 fully saturated rings. The van der Waals surface area contributed by atoms with Crippen LogP contribution in [0.1, 0.15) is 31.2 Å². The molecule has 1 aromatic carbocycles. The number of carboxylic acid groups (broad SMARTS) is 1. The fourth-order valence-electron chi connectivity index (χ4n) is 2.73. The van der Waals surface area contributed by atoms with E-state index in [1.54, 1.807) is 18.2 Å². The first-order valence-electron chi connectivity index (χ1n) is 7.57. The van der Waals surface area contributed by atoms with Crippen molar-refractivity contribution in [2.45, 2.75) is 38.1 Å². The molecular weight excluding hydrogens is 287 g/mol. The Labute approximate surface area is 128 Å². The molecule has 2 amide bonds. The number of carboxylic acids is 1. The van der Waals surface area contributed by atoms with Crippen molar-refractivity contribution in [2.75, 3.05) is 6.54 Å². The van der Waals surface area contributed by atoms with Gasteiger partial charge < -0.3 is 15.7 Å². The summed E-state index contributed by atoms with van der Waals surface area (Å²) in [4.78, 5) is 22.6. The molecule has 0 saturated heterocycles. The standard InChI is InChI=1S/C16H21FN2O3/c17-14-4-2-1-3-11(14)9-10-18-16(22)19-13-7-5-12(6-8-13)15(20)21/h1-4,12-13H,5-10H2,(H,20,21)(H2,18,19,22). The van der Waals surface area contributed by atoms with Crippen molar-refractivity contribution in [1.82, 2.24) is 10.6 Å². The Morgan fingerprint density at radius 2 is 1.86 bits per heavy atom. The molecule has 0 atom stereocenters. The van der Waals surface area contributed by atoms with Gasteiger partial charge in [0.15, 0.2) is 0 Å². The summed E-state index contributed by atoms with van der Waals surface area (Å²) >= 11 is 0. The molecule has 5 nitrogen and oxygen atoms in total. The number of hydrogen-bond donors (Lipinski definition) is 3. The van der Waals surface area contributed by atoms with Gasteiger partial charge in [0.1, 0.15) is 5.82 Å². The van der Waals surface area contributed by atoms with E-state index in [0.717, 1.165) is 0 Å². The normalized spacial score (nSPS) is 21.1. The summed E-state index contributed by atoms with van der Waals surface area (Å²) in [6.07, 6.45) is 2.98. The van der Waals surface area contributed by atoms with Gasteiger partial charge in [-0.3, -0.25) is 4.79 Å². The Balaban J connectivity index is 1.66. The van der Waals surface area contributed by atoms with Gasteiger partial charge in [-0.05, 0) is 43.7 Å². The lowest BCUT2D eigenvalue weighted by Crippen LogP contribution is -2.44. The zero-order valence-corrected chi connectivity index (χ0v) is 12.3. The van der Waals surface area contributed by atoms with Crippen molar-refractivity contribution >= 4 is 12.0 Å². The maximum absolute atomic E-state index is 13.4. The van der Waals surface area contributed by atoms with Gasteiger partial charge in [-0.15, -0.1) is 0 Å². The molecule has 1 saturated carbocycles. The van der Waals surface area contributed by atoms with Gasteiger partial charge in [0, 0.05) is 12.6 Å². The van der Waals surface area contributed by atoms with Crippen LogP contribution in [0.15, 0.2) is 24.3 Å². The SMILES string of the molecule is O=C(NCCc1ccccc1F)NC1CCC(C(=O)O)CC1. The van der Waals surface area contributed by atoms with Crippen molar-refractivity contribution in [3.8, 4) is 0 Å². The van der Waals surface area contributed by atoms with Gasteiger partial charge in [0.2, 0.25) is 0 Å². The summed E-state index contributed by atoms with van der Waals surface area (Å²) in [7, 11) is 0. The monoisotopic (exact) mass is 308 g/mol. The number of halogens is 1. The van der Waals surface area contributed by atoms with E-state index < -0.39 is 5.97 Å². The highest BCUT2D eigenvalue weighted by molar-refractivity contribution is 5.74. The zero-order chi connectivity index (χ0) is 15.9. The van der Waals surface area contributed by atoms with E-state index in [-0.39, 0.29) is 23.8 Å². The van der Waals surface area contributed by atoms with Crippen LogP contribution in [0, 0.1) is 11.7 Å². The number of hydrogen-bond acceptors (Lipinski definition) is 2. The molecule has 0 unspecified atom stereocenters. The molecule has 6 heteroatoms. The summed E-state index contributed by atoms with van der Waals surface area (Å²) in [5.74, 6) is -1.31. The number of rotatable bonds is 5. The van der Waals surface area contributed by atoms with Crippen molar-refractivity contribution in [3.63, 3.8) is 0 Å². The molecule has 22 heavy (non-hydrogen) atoms. The van der Waals surface area contributed by atoms with Crippen LogP contribution < -0.4 is 10.6 Å². The molecule has 1 aromatic rings. The lowest BCUT2D eigenvalue weighted by molar-refractivity contribution is -0.142. The maximum atomic E-state index is 13.4. The highest BCUT2D eigenvalue weighted by atomic mass is 19.1. The van der Waals surface area contributed by atoms with Crippen LogP contribution in [0.4, 0.5) is 9.18 Å². The third kappa shape index (κ3) is 4.72. The number of nitrogens with one attached hydrogen (secondary N) is 2. The second-order valence-electron chi connectivity index (χ2n) is 5.63.